The molecule has 0 fully saturated rings. The molecule has 0 aromatic carbocycles. The molecule has 0 amide bonds. The van der Waals surface area contributed by atoms with Crippen molar-refractivity contribution in [3.05, 3.63) is 30.2 Å². The molecule has 2 heteroatoms. The molecule has 2 rings (SSSR count). The van der Waals surface area contributed by atoms with Gasteiger partial charge >= 0.3 is 0 Å². The molecule has 0 unspecified atom stereocenters. The van der Waals surface area contributed by atoms with Crippen LogP contribution in [0.5, 0.6) is 0 Å². The molecule has 0 N–H and O–H groups in total. The van der Waals surface area contributed by atoms with Crippen LogP contribution in [0.4, 0.5) is 0 Å². The van der Waals surface area contributed by atoms with Crippen LogP contribution in [0.2, 0.25) is 0 Å². The first-order chi connectivity index (χ1) is 7.71. The lowest BCUT2D eigenvalue weighted by Crippen LogP contribution is -2.28. The van der Waals surface area contributed by atoms with E-state index in [1.165, 1.54) is 16.6 Å². The second-order valence-electron chi connectivity index (χ2n) is 6.72. The fourth-order valence-electron chi connectivity index (χ4n) is 2.33. The Hall–Kier alpha value is -1.31. The highest BCUT2D eigenvalue weighted by molar-refractivity contribution is 5.81. The fourth-order valence-corrected chi connectivity index (χ4v) is 2.33. The second-order valence-corrected chi connectivity index (χ2v) is 6.72. The van der Waals surface area contributed by atoms with E-state index in [4.69, 9.17) is 0 Å². The van der Waals surface area contributed by atoms with Crippen molar-refractivity contribution in [2.75, 3.05) is 0 Å². The van der Waals surface area contributed by atoms with Crippen LogP contribution in [-0.4, -0.2) is 9.55 Å². The summed E-state index contributed by atoms with van der Waals surface area (Å²) in [7, 11) is 0. The highest BCUT2D eigenvalue weighted by atomic mass is 15.1. The Morgan fingerprint density at radius 1 is 1.06 bits per heavy atom. The molecule has 0 spiro atoms. The van der Waals surface area contributed by atoms with Crippen LogP contribution in [0.1, 0.15) is 47.2 Å². The Labute approximate surface area is 104 Å². The lowest BCUT2D eigenvalue weighted by Gasteiger charge is -2.31. The zero-order valence-corrected chi connectivity index (χ0v) is 11.7. The molecule has 92 valence electrons. The molecule has 0 saturated heterocycles. The number of hydrogen-bond acceptors (Lipinski definition) is 1. The van der Waals surface area contributed by atoms with Crippen LogP contribution in [0.3, 0.4) is 0 Å². The van der Waals surface area contributed by atoms with Crippen molar-refractivity contribution in [2.24, 2.45) is 0 Å². The number of pyridine rings is 1. The maximum Gasteiger partial charge on any atom is 0.0518 e. The molecule has 17 heavy (non-hydrogen) atoms. The summed E-state index contributed by atoms with van der Waals surface area (Å²) in [5.41, 5.74) is 2.88. The van der Waals surface area contributed by atoms with Gasteiger partial charge < -0.3 is 4.57 Å². The molecule has 0 atom stereocenters. The van der Waals surface area contributed by atoms with Crippen molar-refractivity contribution in [3.63, 3.8) is 0 Å². The predicted molar refractivity (Wildman–Crippen MR) is 73.4 cm³/mol. The summed E-state index contributed by atoms with van der Waals surface area (Å²) >= 11 is 0. The third kappa shape index (κ3) is 2.08. The van der Waals surface area contributed by atoms with E-state index in [2.05, 4.69) is 63.2 Å². The zero-order chi connectivity index (χ0) is 12.8. The Morgan fingerprint density at radius 2 is 1.71 bits per heavy atom. The van der Waals surface area contributed by atoms with Gasteiger partial charge in [-0.15, -0.1) is 0 Å². The molecular weight excluding hydrogens is 208 g/mol. The summed E-state index contributed by atoms with van der Waals surface area (Å²) in [6.45, 7) is 13.5. The van der Waals surface area contributed by atoms with Crippen molar-refractivity contribution < 1.29 is 0 Å². The molecule has 2 aromatic heterocycles. The number of aromatic nitrogens is 2. The minimum absolute atomic E-state index is 0.0890. The summed E-state index contributed by atoms with van der Waals surface area (Å²) < 4.78 is 2.43. The van der Waals surface area contributed by atoms with Gasteiger partial charge in [0.05, 0.1) is 5.52 Å². The van der Waals surface area contributed by atoms with Crippen molar-refractivity contribution in [3.8, 4) is 0 Å². The van der Waals surface area contributed by atoms with Gasteiger partial charge in [0.15, 0.2) is 0 Å². The van der Waals surface area contributed by atoms with E-state index in [0.717, 1.165) is 0 Å². The van der Waals surface area contributed by atoms with E-state index < -0.39 is 0 Å². The third-order valence-corrected chi connectivity index (χ3v) is 3.04. The highest BCUT2D eigenvalue weighted by Crippen LogP contribution is 2.33. The molecule has 0 radical (unpaired) electrons. The lowest BCUT2D eigenvalue weighted by atomic mass is 9.91. The van der Waals surface area contributed by atoms with Gasteiger partial charge in [0.1, 0.15) is 0 Å². The Morgan fingerprint density at radius 3 is 2.24 bits per heavy atom. The summed E-state index contributed by atoms with van der Waals surface area (Å²) in [5, 5.41) is 1.23. The Balaban J connectivity index is 2.84. The van der Waals surface area contributed by atoms with Crippen LogP contribution in [0.15, 0.2) is 24.5 Å². The van der Waals surface area contributed by atoms with Crippen molar-refractivity contribution in [1.29, 1.82) is 0 Å². The first kappa shape index (κ1) is 12.2. The monoisotopic (exact) mass is 230 g/mol. The maximum atomic E-state index is 4.22. The summed E-state index contributed by atoms with van der Waals surface area (Å²) in [4.78, 5) is 4.22. The quantitative estimate of drug-likeness (QED) is 0.666. The van der Waals surface area contributed by atoms with Crippen LogP contribution >= 0.6 is 0 Å². The Kier molecular flexibility index (Phi) is 2.57. The van der Waals surface area contributed by atoms with E-state index in [1.807, 2.05) is 12.4 Å². The van der Waals surface area contributed by atoms with Gasteiger partial charge in [0.25, 0.3) is 0 Å². The highest BCUT2D eigenvalue weighted by Gasteiger charge is 2.26. The lowest BCUT2D eigenvalue weighted by molar-refractivity contribution is 0.371. The molecular formula is C15H22N2. The van der Waals surface area contributed by atoms with Crippen molar-refractivity contribution in [2.45, 2.75) is 52.5 Å². The van der Waals surface area contributed by atoms with Gasteiger partial charge in [-0.25, -0.2) is 0 Å². The summed E-state index contributed by atoms with van der Waals surface area (Å²) in [5.74, 6) is 0. The van der Waals surface area contributed by atoms with E-state index in [0.29, 0.717) is 0 Å². The average Bonchev–Trinajstić information content (AvgIpc) is 2.54. The molecule has 0 aliphatic rings. The largest absolute Gasteiger partial charge is 0.339 e. The maximum absolute atomic E-state index is 4.22. The molecule has 0 bridgehead atoms. The van der Waals surface area contributed by atoms with E-state index in [9.17, 15) is 0 Å². The van der Waals surface area contributed by atoms with Gasteiger partial charge in [0, 0.05) is 34.4 Å². The molecule has 0 saturated carbocycles. The summed E-state index contributed by atoms with van der Waals surface area (Å²) in [6.07, 6.45) is 3.82. The minimum Gasteiger partial charge on any atom is -0.339 e. The molecule has 2 nitrogen and oxygen atoms in total. The molecule has 0 aliphatic carbocycles. The smallest absolute Gasteiger partial charge is 0.0518 e. The number of hydrogen-bond donors (Lipinski definition) is 0. The van der Waals surface area contributed by atoms with E-state index >= 15 is 0 Å². The van der Waals surface area contributed by atoms with Gasteiger partial charge in [-0.05, 0) is 32.9 Å². The average molecular weight is 230 g/mol. The normalized spacial score (nSPS) is 13.3. The van der Waals surface area contributed by atoms with Crippen LogP contribution in [0.25, 0.3) is 10.9 Å². The van der Waals surface area contributed by atoms with Gasteiger partial charge in [-0.3, -0.25) is 4.98 Å². The molecule has 2 aromatic rings. The molecule has 2 heterocycles. The van der Waals surface area contributed by atoms with E-state index in [1.54, 1.807) is 0 Å². The zero-order valence-electron chi connectivity index (χ0n) is 11.7. The van der Waals surface area contributed by atoms with Crippen LogP contribution in [0, 0.1) is 0 Å². The van der Waals surface area contributed by atoms with Gasteiger partial charge in [-0.1, -0.05) is 20.8 Å². The SMILES string of the molecule is CC(C)(C)c1cc2cnccc2n1C(C)(C)C. The predicted octanol–water partition coefficient (Wildman–Crippen LogP) is 4.09. The van der Waals surface area contributed by atoms with Gasteiger partial charge in [-0.2, -0.15) is 0 Å². The topological polar surface area (TPSA) is 17.8 Å². The number of fused-ring (bicyclic) bond motifs is 1. The first-order valence-corrected chi connectivity index (χ1v) is 6.18. The van der Waals surface area contributed by atoms with E-state index in [-0.39, 0.29) is 11.0 Å². The van der Waals surface area contributed by atoms with Crippen LogP contribution < -0.4 is 0 Å². The number of rotatable bonds is 0. The summed E-state index contributed by atoms with van der Waals surface area (Å²) in [6, 6.07) is 4.38. The van der Waals surface area contributed by atoms with Crippen molar-refractivity contribution in [1.82, 2.24) is 9.55 Å². The second kappa shape index (κ2) is 3.59. The standard InChI is InChI=1S/C15H22N2/c1-14(2,3)13-9-11-10-16-8-7-12(11)17(13)15(4,5)6/h7-10H,1-6H3. The Bertz CT molecular complexity index is 536. The van der Waals surface area contributed by atoms with Gasteiger partial charge in [0.2, 0.25) is 0 Å². The molecule has 0 aliphatic heterocycles. The minimum atomic E-state index is 0.0890. The fraction of sp³-hybridized carbons (Fsp3) is 0.533. The van der Waals surface area contributed by atoms with Crippen molar-refractivity contribution >= 4 is 10.9 Å². The van der Waals surface area contributed by atoms with Crippen LogP contribution in [-0.2, 0) is 11.0 Å². The first-order valence-electron chi connectivity index (χ1n) is 6.18. The third-order valence-electron chi connectivity index (χ3n) is 3.04. The number of nitrogens with zero attached hydrogens (tertiary/aromatic N) is 2.